The summed E-state index contributed by atoms with van der Waals surface area (Å²) in [6.45, 7) is 0. The highest BCUT2D eigenvalue weighted by molar-refractivity contribution is 4.91. The van der Waals surface area contributed by atoms with Gasteiger partial charge in [-0.15, -0.1) is 0 Å². The minimum atomic E-state index is -2.48. The van der Waals surface area contributed by atoms with Crippen LogP contribution >= 0.6 is 0 Å². The van der Waals surface area contributed by atoms with Crippen molar-refractivity contribution < 1.29 is 13.9 Å². The molecule has 0 spiro atoms. The van der Waals surface area contributed by atoms with Crippen LogP contribution in [0.25, 0.3) is 0 Å². The second-order valence-electron chi connectivity index (χ2n) is 4.62. The molecular formula is C10H16F2O. The molecule has 0 aromatic carbocycles. The molecule has 0 radical (unpaired) electrons. The van der Waals surface area contributed by atoms with Crippen molar-refractivity contribution in [3.05, 3.63) is 0 Å². The van der Waals surface area contributed by atoms with Crippen LogP contribution in [-0.2, 0) is 0 Å². The fourth-order valence-corrected chi connectivity index (χ4v) is 2.24. The number of rotatable bonds is 3. The van der Waals surface area contributed by atoms with Crippen LogP contribution in [-0.4, -0.2) is 17.1 Å². The molecule has 13 heavy (non-hydrogen) atoms. The molecule has 1 nitrogen and oxygen atoms in total. The Balaban J connectivity index is 1.69. The minimum absolute atomic E-state index is 0.0963. The molecule has 0 heterocycles. The van der Waals surface area contributed by atoms with E-state index in [1.165, 1.54) is 19.3 Å². The average molecular weight is 190 g/mol. The zero-order chi connectivity index (χ0) is 9.47. The van der Waals surface area contributed by atoms with Gasteiger partial charge in [0.15, 0.2) is 0 Å². The molecule has 76 valence electrons. The van der Waals surface area contributed by atoms with E-state index in [-0.39, 0.29) is 18.8 Å². The number of alkyl halides is 2. The summed E-state index contributed by atoms with van der Waals surface area (Å²) in [4.78, 5) is 0. The maximum Gasteiger partial charge on any atom is 0.248 e. The van der Waals surface area contributed by atoms with Gasteiger partial charge < -0.3 is 5.11 Å². The normalized spacial score (nSPS) is 30.7. The average Bonchev–Trinajstić information content (AvgIpc) is 1.91. The van der Waals surface area contributed by atoms with Crippen LogP contribution in [0.1, 0.15) is 38.5 Å². The van der Waals surface area contributed by atoms with Crippen LogP contribution in [0.2, 0.25) is 0 Å². The molecule has 1 N–H and O–H groups in total. The van der Waals surface area contributed by atoms with E-state index in [9.17, 15) is 13.9 Å². The van der Waals surface area contributed by atoms with E-state index in [0.29, 0.717) is 5.92 Å². The van der Waals surface area contributed by atoms with E-state index < -0.39 is 12.0 Å². The molecule has 2 aliphatic rings. The zero-order valence-electron chi connectivity index (χ0n) is 7.68. The van der Waals surface area contributed by atoms with Gasteiger partial charge in [-0.05, 0) is 18.3 Å². The van der Waals surface area contributed by atoms with Crippen molar-refractivity contribution in [3.63, 3.8) is 0 Å². The van der Waals surface area contributed by atoms with Crippen LogP contribution in [0.5, 0.6) is 0 Å². The molecular weight excluding hydrogens is 174 g/mol. The Hall–Kier alpha value is -0.180. The molecule has 0 aromatic heterocycles. The Morgan fingerprint density at radius 1 is 1.31 bits per heavy atom. The van der Waals surface area contributed by atoms with Crippen molar-refractivity contribution in [2.24, 2.45) is 11.8 Å². The second kappa shape index (κ2) is 3.19. The SMILES string of the molecule is OC(CC1CCC1)C1CC(F)(F)C1. The molecule has 0 saturated heterocycles. The van der Waals surface area contributed by atoms with Gasteiger partial charge in [-0.2, -0.15) is 0 Å². The van der Waals surface area contributed by atoms with E-state index in [4.69, 9.17) is 0 Å². The lowest BCUT2D eigenvalue weighted by Gasteiger charge is -2.40. The number of hydrogen-bond donors (Lipinski definition) is 1. The first-order valence-electron chi connectivity index (χ1n) is 5.13. The van der Waals surface area contributed by atoms with E-state index in [1.54, 1.807) is 0 Å². The minimum Gasteiger partial charge on any atom is -0.393 e. The highest BCUT2D eigenvalue weighted by atomic mass is 19.3. The number of halogens is 2. The van der Waals surface area contributed by atoms with Gasteiger partial charge in [-0.3, -0.25) is 0 Å². The fraction of sp³-hybridized carbons (Fsp3) is 1.00. The highest BCUT2D eigenvalue weighted by Gasteiger charge is 2.48. The van der Waals surface area contributed by atoms with Crippen LogP contribution in [0.4, 0.5) is 8.78 Å². The van der Waals surface area contributed by atoms with Crippen molar-refractivity contribution in [3.8, 4) is 0 Å². The van der Waals surface area contributed by atoms with Crippen molar-refractivity contribution in [1.82, 2.24) is 0 Å². The molecule has 0 bridgehead atoms. The number of hydrogen-bond acceptors (Lipinski definition) is 1. The molecule has 2 aliphatic carbocycles. The van der Waals surface area contributed by atoms with Gasteiger partial charge in [0.1, 0.15) is 0 Å². The van der Waals surface area contributed by atoms with Gasteiger partial charge in [0.2, 0.25) is 5.92 Å². The number of aliphatic hydroxyl groups is 1. The van der Waals surface area contributed by atoms with Crippen LogP contribution < -0.4 is 0 Å². The maximum absolute atomic E-state index is 12.5. The summed E-state index contributed by atoms with van der Waals surface area (Å²) in [5, 5.41) is 9.60. The fourth-order valence-electron chi connectivity index (χ4n) is 2.24. The molecule has 3 heteroatoms. The Kier molecular flexibility index (Phi) is 2.30. The van der Waals surface area contributed by atoms with E-state index >= 15 is 0 Å². The molecule has 0 aliphatic heterocycles. The van der Waals surface area contributed by atoms with Gasteiger partial charge in [0.25, 0.3) is 0 Å². The lowest BCUT2D eigenvalue weighted by molar-refractivity contribution is -0.145. The van der Waals surface area contributed by atoms with Crippen molar-refractivity contribution in [2.45, 2.75) is 50.6 Å². The van der Waals surface area contributed by atoms with E-state index in [1.807, 2.05) is 0 Å². The van der Waals surface area contributed by atoms with Crippen molar-refractivity contribution in [2.75, 3.05) is 0 Å². The lowest BCUT2D eigenvalue weighted by Crippen LogP contribution is -2.43. The van der Waals surface area contributed by atoms with E-state index in [0.717, 1.165) is 6.42 Å². The van der Waals surface area contributed by atoms with E-state index in [2.05, 4.69) is 0 Å². The molecule has 2 fully saturated rings. The second-order valence-corrected chi connectivity index (χ2v) is 4.62. The molecule has 1 unspecified atom stereocenters. The lowest BCUT2D eigenvalue weighted by atomic mass is 9.72. The summed E-state index contributed by atoms with van der Waals surface area (Å²) < 4.78 is 24.9. The quantitative estimate of drug-likeness (QED) is 0.725. The van der Waals surface area contributed by atoms with Crippen LogP contribution in [0.3, 0.4) is 0 Å². The topological polar surface area (TPSA) is 20.2 Å². The summed E-state index contributed by atoms with van der Waals surface area (Å²) in [5.74, 6) is -1.99. The standard InChI is InChI=1S/C10H16F2O/c11-10(12)5-8(6-10)9(13)4-7-2-1-3-7/h7-9,13H,1-6H2. The third-order valence-electron chi connectivity index (χ3n) is 3.47. The predicted molar refractivity (Wildman–Crippen MR) is 45.6 cm³/mol. The van der Waals surface area contributed by atoms with Gasteiger partial charge in [-0.1, -0.05) is 19.3 Å². The molecule has 2 rings (SSSR count). The summed E-state index contributed by atoms with van der Waals surface area (Å²) in [6, 6.07) is 0. The molecule has 2 saturated carbocycles. The van der Waals surface area contributed by atoms with Gasteiger partial charge >= 0.3 is 0 Å². The Morgan fingerprint density at radius 2 is 1.92 bits per heavy atom. The van der Waals surface area contributed by atoms with Gasteiger partial charge in [-0.25, -0.2) is 8.78 Å². The summed E-state index contributed by atoms with van der Waals surface area (Å²) >= 11 is 0. The monoisotopic (exact) mass is 190 g/mol. The molecule has 0 amide bonds. The van der Waals surface area contributed by atoms with Gasteiger partial charge in [0.05, 0.1) is 6.10 Å². The van der Waals surface area contributed by atoms with Crippen molar-refractivity contribution >= 4 is 0 Å². The first-order valence-corrected chi connectivity index (χ1v) is 5.13. The third-order valence-corrected chi connectivity index (χ3v) is 3.47. The first-order chi connectivity index (χ1) is 6.07. The third kappa shape index (κ3) is 2.01. The molecule has 1 atom stereocenters. The van der Waals surface area contributed by atoms with Crippen LogP contribution in [0.15, 0.2) is 0 Å². The van der Waals surface area contributed by atoms with Crippen molar-refractivity contribution in [1.29, 1.82) is 0 Å². The van der Waals surface area contributed by atoms with Crippen LogP contribution in [0, 0.1) is 11.8 Å². The largest absolute Gasteiger partial charge is 0.393 e. The number of aliphatic hydroxyl groups excluding tert-OH is 1. The Bertz CT molecular complexity index is 181. The Morgan fingerprint density at radius 3 is 2.31 bits per heavy atom. The summed E-state index contributed by atoms with van der Waals surface area (Å²) in [5.41, 5.74) is 0. The molecule has 0 aromatic rings. The zero-order valence-corrected chi connectivity index (χ0v) is 7.68. The maximum atomic E-state index is 12.5. The Labute approximate surface area is 77.1 Å². The smallest absolute Gasteiger partial charge is 0.248 e. The van der Waals surface area contributed by atoms with Gasteiger partial charge in [0, 0.05) is 12.8 Å². The summed E-state index contributed by atoms with van der Waals surface area (Å²) in [6.07, 6.45) is 3.70. The summed E-state index contributed by atoms with van der Waals surface area (Å²) in [7, 11) is 0. The highest BCUT2D eigenvalue weighted by Crippen LogP contribution is 2.46. The predicted octanol–water partition coefficient (Wildman–Crippen LogP) is 2.58. The first kappa shape index (κ1) is 9.38.